The number of nitrogens with one attached hydrogen (secondary N) is 1. The van der Waals surface area contributed by atoms with Crippen LogP contribution in [-0.4, -0.2) is 18.6 Å². The molecule has 17 heavy (non-hydrogen) atoms. The molecule has 1 amide bonds. The first-order valence-electron chi connectivity index (χ1n) is 4.66. The van der Waals surface area contributed by atoms with Gasteiger partial charge in [-0.25, -0.2) is 18.0 Å². The molecule has 92 valence electrons. The molecule has 0 unspecified atom stereocenters. The number of hydrogen-bond donors (Lipinski definition) is 1. The van der Waals surface area contributed by atoms with E-state index in [-0.39, 0.29) is 10.6 Å². The number of halogens is 4. The van der Waals surface area contributed by atoms with Crippen molar-refractivity contribution in [3.8, 4) is 0 Å². The fourth-order valence-corrected chi connectivity index (χ4v) is 1.73. The topological polar surface area (TPSA) is 38.3 Å². The molecule has 0 bridgehead atoms. The normalized spacial score (nSPS) is 22.8. The second kappa shape index (κ2) is 4.10. The summed E-state index contributed by atoms with van der Waals surface area (Å²) < 4.78 is 44.6. The first-order chi connectivity index (χ1) is 7.90. The van der Waals surface area contributed by atoms with E-state index < -0.39 is 30.5 Å². The van der Waals surface area contributed by atoms with Crippen LogP contribution in [0.1, 0.15) is 11.6 Å². The van der Waals surface area contributed by atoms with Crippen molar-refractivity contribution < 1.29 is 22.7 Å². The molecule has 3 nitrogen and oxygen atoms in total. The second-order valence-electron chi connectivity index (χ2n) is 3.58. The van der Waals surface area contributed by atoms with Gasteiger partial charge in [0.05, 0.1) is 0 Å². The van der Waals surface area contributed by atoms with Crippen molar-refractivity contribution in [2.45, 2.75) is 12.0 Å². The highest BCUT2D eigenvalue weighted by atomic mass is 35.5. The van der Waals surface area contributed by atoms with Crippen molar-refractivity contribution in [1.29, 1.82) is 0 Å². The van der Waals surface area contributed by atoms with Crippen LogP contribution in [-0.2, 0) is 4.74 Å². The standard InChI is InChI=1S/C10H7ClF3NO2/c11-5-1-2-7(12)6(3-5)8-10(13,14)4-17-9(16)15-8/h1-3,8H,4H2,(H,15,16)/t8-/m1/s1. The van der Waals surface area contributed by atoms with Crippen molar-refractivity contribution in [2.75, 3.05) is 6.61 Å². The largest absolute Gasteiger partial charge is 0.443 e. The Kier molecular flexibility index (Phi) is 2.91. The van der Waals surface area contributed by atoms with Crippen LogP contribution < -0.4 is 5.32 Å². The molecule has 1 aliphatic heterocycles. The summed E-state index contributed by atoms with van der Waals surface area (Å²) in [5.74, 6) is -4.25. The first kappa shape index (κ1) is 12.0. The summed E-state index contributed by atoms with van der Waals surface area (Å²) in [6.45, 7) is -1.09. The zero-order valence-electron chi connectivity index (χ0n) is 8.34. The molecule has 1 saturated heterocycles. The fraction of sp³-hybridized carbons (Fsp3) is 0.300. The molecule has 1 aliphatic rings. The van der Waals surface area contributed by atoms with Crippen LogP contribution in [0.15, 0.2) is 18.2 Å². The number of hydrogen-bond acceptors (Lipinski definition) is 2. The molecule has 0 spiro atoms. The average Bonchev–Trinajstić information content (AvgIpc) is 2.26. The summed E-state index contributed by atoms with van der Waals surface area (Å²) in [5.41, 5.74) is -0.362. The fourth-order valence-electron chi connectivity index (χ4n) is 1.55. The summed E-state index contributed by atoms with van der Waals surface area (Å²) in [6, 6.07) is 1.48. The Morgan fingerprint density at radius 1 is 1.47 bits per heavy atom. The van der Waals surface area contributed by atoms with Crippen molar-refractivity contribution in [2.24, 2.45) is 0 Å². The van der Waals surface area contributed by atoms with E-state index in [1.54, 1.807) is 0 Å². The van der Waals surface area contributed by atoms with Gasteiger partial charge in [0, 0.05) is 10.6 Å². The Labute approximate surface area is 99.5 Å². The van der Waals surface area contributed by atoms with Gasteiger partial charge in [0.2, 0.25) is 0 Å². The van der Waals surface area contributed by atoms with E-state index in [1.807, 2.05) is 5.32 Å². The number of ether oxygens (including phenoxy) is 1. The SMILES string of the molecule is O=C1N[C@H](c2cc(Cl)ccc2F)C(F)(F)CO1. The van der Waals surface area contributed by atoms with Gasteiger partial charge in [-0.1, -0.05) is 11.6 Å². The highest BCUT2D eigenvalue weighted by Crippen LogP contribution is 2.36. The zero-order valence-corrected chi connectivity index (χ0v) is 9.10. The van der Waals surface area contributed by atoms with Gasteiger partial charge in [-0.05, 0) is 18.2 Å². The number of carbonyl (C=O) groups excluding carboxylic acids is 1. The van der Waals surface area contributed by atoms with Crippen LogP contribution in [0.4, 0.5) is 18.0 Å². The lowest BCUT2D eigenvalue weighted by molar-refractivity contribution is -0.105. The molecule has 1 aromatic rings. The highest BCUT2D eigenvalue weighted by Gasteiger charge is 2.47. The van der Waals surface area contributed by atoms with E-state index in [4.69, 9.17) is 11.6 Å². The van der Waals surface area contributed by atoms with Gasteiger partial charge < -0.3 is 10.1 Å². The summed E-state index contributed by atoms with van der Waals surface area (Å²) in [6.07, 6.45) is -1.01. The second-order valence-corrected chi connectivity index (χ2v) is 4.02. The van der Waals surface area contributed by atoms with Gasteiger partial charge in [0.1, 0.15) is 11.9 Å². The predicted molar refractivity (Wildman–Crippen MR) is 53.6 cm³/mol. The highest BCUT2D eigenvalue weighted by molar-refractivity contribution is 6.30. The molecule has 7 heteroatoms. The molecule has 1 aromatic carbocycles. The van der Waals surface area contributed by atoms with Crippen LogP contribution in [0, 0.1) is 5.82 Å². The maximum atomic E-state index is 13.5. The van der Waals surface area contributed by atoms with Crippen LogP contribution in [0.25, 0.3) is 0 Å². The van der Waals surface area contributed by atoms with E-state index in [9.17, 15) is 18.0 Å². The molecular formula is C10H7ClF3NO2. The predicted octanol–water partition coefficient (Wildman–Crippen LogP) is 2.90. The maximum Gasteiger partial charge on any atom is 0.408 e. The van der Waals surface area contributed by atoms with Crippen molar-refractivity contribution in [3.63, 3.8) is 0 Å². The number of carbonyl (C=O) groups is 1. The minimum Gasteiger partial charge on any atom is -0.443 e. The molecule has 0 aliphatic carbocycles. The van der Waals surface area contributed by atoms with Gasteiger partial charge >= 0.3 is 12.0 Å². The van der Waals surface area contributed by atoms with Crippen LogP contribution in [0.2, 0.25) is 5.02 Å². The first-order valence-corrected chi connectivity index (χ1v) is 5.04. The lowest BCUT2D eigenvalue weighted by Crippen LogP contribution is -2.49. The summed E-state index contributed by atoms with van der Waals surface area (Å²) >= 11 is 5.61. The van der Waals surface area contributed by atoms with Gasteiger partial charge in [0.25, 0.3) is 0 Å². The Hall–Kier alpha value is -1.43. The van der Waals surface area contributed by atoms with Crippen molar-refractivity contribution in [1.82, 2.24) is 5.32 Å². The number of benzene rings is 1. The van der Waals surface area contributed by atoms with E-state index in [1.165, 1.54) is 6.07 Å². The molecule has 2 rings (SSSR count). The Bertz CT molecular complexity index is 467. The van der Waals surface area contributed by atoms with Gasteiger partial charge in [-0.2, -0.15) is 0 Å². The lowest BCUT2D eigenvalue weighted by atomic mass is 9.99. The molecule has 0 aromatic heterocycles. The van der Waals surface area contributed by atoms with Gasteiger partial charge in [-0.3, -0.25) is 0 Å². The summed E-state index contributed by atoms with van der Waals surface area (Å²) in [4.78, 5) is 10.9. The minimum absolute atomic E-state index is 0.109. The lowest BCUT2D eigenvalue weighted by Gasteiger charge is -2.32. The third kappa shape index (κ3) is 2.31. The third-order valence-corrected chi connectivity index (χ3v) is 2.58. The van der Waals surface area contributed by atoms with E-state index in [0.717, 1.165) is 12.1 Å². The Morgan fingerprint density at radius 3 is 2.88 bits per heavy atom. The number of cyclic esters (lactones) is 1. The molecule has 1 N–H and O–H groups in total. The van der Waals surface area contributed by atoms with Crippen LogP contribution in [0.3, 0.4) is 0 Å². The van der Waals surface area contributed by atoms with Crippen LogP contribution in [0.5, 0.6) is 0 Å². The zero-order chi connectivity index (χ0) is 12.6. The van der Waals surface area contributed by atoms with Gasteiger partial charge in [0.15, 0.2) is 6.61 Å². The third-order valence-electron chi connectivity index (χ3n) is 2.35. The monoisotopic (exact) mass is 265 g/mol. The molecule has 1 heterocycles. The van der Waals surface area contributed by atoms with E-state index in [2.05, 4.69) is 4.74 Å². The number of rotatable bonds is 1. The average molecular weight is 266 g/mol. The summed E-state index contributed by atoms with van der Waals surface area (Å²) in [7, 11) is 0. The Morgan fingerprint density at radius 2 is 2.18 bits per heavy atom. The molecule has 1 fully saturated rings. The van der Waals surface area contributed by atoms with E-state index in [0.29, 0.717) is 0 Å². The molecule has 0 saturated carbocycles. The molecule has 1 atom stereocenters. The van der Waals surface area contributed by atoms with Crippen molar-refractivity contribution in [3.05, 3.63) is 34.6 Å². The van der Waals surface area contributed by atoms with Gasteiger partial charge in [-0.15, -0.1) is 0 Å². The molecule has 0 radical (unpaired) electrons. The van der Waals surface area contributed by atoms with Crippen LogP contribution >= 0.6 is 11.6 Å². The Balaban J connectivity index is 2.42. The minimum atomic E-state index is -3.39. The number of alkyl carbamates (subject to hydrolysis) is 1. The molecular weight excluding hydrogens is 259 g/mol. The smallest absolute Gasteiger partial charge is 0.408 e. The quantitative estimate of drug-likeness (QED) is 0.848. The number of amides is 1. The maximum absolute atomic E-state index is 13.5. The summed E-state index contributed by atoms with van der Waals surface area (Å²) in [5, 5.41) is 1.99. The number of alkyl halides is 2. The van der Waals surface area contributed by atoms with Crippen molar-refractivity contribution >= 4 is 17.7 Å². The van der Waals surface area contributed by atoms with E-state index >= 15 is 0 Å².